The number of nitrogens with one attached hydrogen (secondary N) is 2. The van der Waals surface area contributed by atoms with Crippen molar-refractivity contribution in [3.8, 4) is 5.69 Å². The van der Waals surface area contributed by atoms with Crippen molar-refractivity contribution in [3.63, 3.8) is 0 Å². The Bertz CT molecular complexity index is 707. The minimum atomic E-state index is -0.627. The van der Waals surface area contributed by atoms with Crippen LogP contribution in [0.4, 0.5) is 5.69 Å². The van der Waals surface area contributed by atoms with Gasteiger partial charge in [0, 0.05) is 24.5 Å². The second-order valence-corrected chi connectivity index (χ2v) is 4.46. The number of anilines is 1. The van der Waals surface area contributed by atoms with Gasteiger partial charge < -0.3 is 16.4 Å². The summed E-state index contributed by atoms with van der Waals surface area (Å²) in [5.41, 5.74) is 8.26. The monoisotopic (exact) mass is 271 g/mol. The van der Waals surface area contributed by atoms with Gasteiger partial charge in [0.2, 0.25) is 5.91 Å². The molecule has 2 amide bonds. The first kappa shape index (κ1) is 12.4. The zero-order valence-electron chi connectivity index (χ0n) is 10.8. The molecule has 1 atom stereocenters. The summed E-state index contributed by atoms with van der Waals surface area (Å²) < 4.78 is 1.57. The largest absolute Gasteiger partial charge is 0.354 e. The first-order valence-electron chi connectivity index (χ1n) is 6.08. The lowest BCUT2D eigenvalue weighted by Gasteiger charge is -2.05. The molecule has 1 aliphatic heterocycles. The molecule has 7 heteroatoms. The number of nitrogens with two attached hydrogens (primary N) is 1. The summed E-state index contributed by atoms with van der Waals surface area (Å²) in [4.78, 5) is 23.0. The van der Waals surface area contributed by atoms with E-state index in [4.69, 9.17) is 5.73 Å². The minimum absolute atomic E-state index is 0.219. The van der Waals surface area contributed by atoms with Gasteiger partial charge in [0.1, 0.15) is 6.04 Å². The summed E-state index contributed by atoms with van der Waals surface area (Å²) in [5.74, 6) is -0.469. The summed E-state index contributed by atoms with van der Waals surface area (Å²) in [6.45, 7) is 0. The Balaban J connectivity index is 1.96. The number of fused-ring (bicyclic) bond motifs is 1. The second-order valence-electron chi connectivity index (χ2n) is 4.46. The van der Waals surface area contributed by atoms with Crippen LogP contribution in [0.15, 0.2) is 30.5 Å². The Morgan fingerprint density at radius 1 is 1.45 bits per heavy atom. The Morgan fingerprint density at radius 3 is 3.00 bits per heavy atom. The summed E-state index contributed by atoms with van der Waals surface area (Å²) in [7, 11) is 1.55. The lowest BCUT2D eigenvalue weighted by Crippen LogP contribution is -2.19. The average molecular weight is 271 g/mol. The number of benzene rings is 1. The number of rotatable bonds is 2. The van der Waals surface area contributed by atoms with Gasteiger partial charge in [-0.15, -0.1) is 0 Å². The van der Waals surface area contributed by atoms with Crippen LogP contribution in [0.5, 0.6) is 0 Å². The fraction of sp³-hybridized carbons (Fsp3) is 0.154. The van der Waals surface area contributed by atoms with Crippen molar-refractivity contribution in [3.05, 3.63) is 41.7 Å². The first-order valence-corrected chi connectivity index (χ1v) is 6.08. The lowest BCUT2D eigenvalue weighted by atomic mass is 10.1. The summed E-state index contributed by atoms with van der Waals surface area (Å²) >= 11 is 0. The number of amides is 2. The molecule has 0 spiro atoms. The van der Waals surface area contributed by atoms with Gasteiger partial charge in [-0.05, 0) is 18.2 Å². The standard InChI is InChI=1S/C13H13N5O2/c1-15-12(19)9-4-5-18(17-9)7-2-3-8-10(6-7)16-13(20)11(8)14/h2-6,11H,14H2,1H3,(H,15,19)(H,16,20). The molecule has 0 aliphatic carbocycles. The highest BCUT2D eigenvalue weighted by molar-refractivity contribution is 6.02. The molecule has 2 aromatic rings. The molecule has 0 fully saturated rings. The molecule has 1 unspecified atom stereocenters. The first-order chi connectivity index (χ1) is 9.60. The maximum absolute atomic E-state index is 11.5. The molecular weight excluding hydrogens is 258 g/mol. The van der Waals surface area contributed by atoms with Crippen molar-refractivity contribution in [2.45, 2.75) is 6.04 Å². The third-order valence-electron chi connectivity index (χ3n) is 3.23. The van der Waals surface area contributed by atoms with Crippen LogP contribution in [-0.4, -0.2) is 28.6 Å². The number of hydrogen-bond donors (Lipinski definition) is 3. The maximum Gasteiger partial charge on any atom is 0.271 e. The van der Waals surface area contributed by atoms with Crippen LogP contribution < -0.4 is 16.4 Å². The van der Waals surface area contributed by atoms with E-state index in [-0.39, 0.29) is 11.8 Å². The van der Waals surface area contributed by atoms with E-state index in [1.165, 1.54) is 0 Å². The molecule has 4 N–H and O–H groups in total. The molecule has 0 radical (unpaired) electrons. The van der Waals surface area contributed by atoms with E-state index < -0.39 is 6.04 Å². The van der Waals surface area contributed by atoms with E-state index in [0.29, 0.717) is 11.4 Å². The average Bonchev–Trinajstić information content (AvgIpc) is 3.04. The van der Waals surface area contributed by atoms with E-state index in [1.54, 1.807) is 42.2 Å². The normalized spacial score (nSPS) is 16.7. The van der Waals surface area contributed by atoms with Crippen LogP contribution in [-0.2, 0) is 4.79 Å². The second kappa shape index (κ2) is 4.46. The highest BCUT2D eigenvalue weighted by Gasteiger charge is 2.27. The van der Waals surface area contributed by atoms with Gasteiger partial charge in [-0.1, -0.05) is 6.07 Å². The highest BCUT2D eigenvalue weighted by atomic mass is 16.2. The van der Waals surface area contributed by atoms with Crippen LogP contribution in [0.2, 0.25) is 0 Å². The molecule has 102 valence electrons. The van der Waals surface area contributed by atoms with E-state index in [0.717, 1.165) is 11.3 Å². The van der Waals surface area contributed by atoms with Crippen molar-refractivity contribution in [2.75, 3.05) is 12.4 Å². The lowest BCUT2D eigenvalue weighted by molar-refractivity contribution is -0.116. The minimum Gasteiger partial charge on any atom is -0.354 e. The Kier molecular flexibility index (Phi) is 2.76. The van der Waals surface area contributed by atoms with Gasteiger partial charge in [0.15, 0.2) is 5.69 Å². The number of carbonyl (C=O) groups excluding carboxylic acids is 2. The topological polar surface area (TPSA) is 102 Å². The molecule has 0 saturated heterocycles. The van der Waals surface area contributed by atoms with Crippen LogP contribution in [0.3, 0.4) is 0 Å². The molecule has 1 aliphatic rings. The maximum atomic E-state index is 11.5. The van der Waals surface area contributed by atoms with Crippen LogP contribution >= 0.6 is 0 Å². The molecule has 3 rings (SSSR count). The summed E-state index contributed by atoms with van der Waals surface area (Å²) in [6.07, 6.45) is 1.68. The van der Waals surface area contributed by atoms with Crippen LogP contribution in [0.25, 0.3) is 5.69 Å². The van der Waals surface area contributed by atoms with Crippen molar-refractivity contribution in [2.24, 2.45) is 5.73 Å². The van der Waals surface area contributed by atoms with Gasteiger partial charge in [0.05, 0.1) is 5.69 Å². The smallest absolute Gasteiger partial charge is 0.271 e. The van der Waals surface area contributed by atoms with Gasteiger partial charge in [-0.2, -0.15) is 5.10 Å². The Morgan fingerprint density at radius 2 is 2.25 bits per heavy atom. The van der Waals surface area contributed by atoms with Crippen molar-refractivity contribution in [1.29, 1.82) is 0 Å². The van der Waals surface area contributed by atoms with Crippen molar-refractivity contribution in [1.82, 2.24) is 15.1 Å². The third kappa shape index (κ3) is 1.84. The van der Waals surface area contributed by atoms with E-state index in [1.807, 2.05) is 0 Å². The zero-order chi connectivity index (χ0) is 14.3. The van der Waals surface area contributed by atoms with E-state index in [2.05, 4.69) is 15.7 Å². The van der Waals surface area contributed by atoms with Crippen LogP contribution in [0.1, 0.15) is 22.1 Å². The molecular formula is C13H13N5O2. The van der Waals surface area contributed by atoms with E-state index in [9.17, 15) is 9.59 Å². The molecule has 1 aromatic heterocycles. The van der Waals surface area contributed by atoms with E-state index >= 15 is 0 Å². The molecule has 20 heavy (non-hydrogen) atoms. The van der Waals surface area contributed by atoms with Crippen molar-refractivity contribution < 1.29 is 9.59 Å². The zero-order valence-corrected chi connectivity index (χ0v) is 10.8. The fourth-order valence-electron chi connectivity index (χ4n) is 2.13. The Labute approximate surface area is 114 Å². The predicted octanol–water partition coefficient (Wildman–Crippen LogP) is 0.184. The number of carbonyl (C=O) groups is 2. The SMILES string of the molecule is CNC(=O)c1ccn(-c2ccc3c(c2)NC(=O)C3N)n1. The molecule has 0 bridgehead atoms. The van der Waals surface area contributed by atoms with Crippen LogP contribution in [0, 0.1) is 0 Å². The number of nitrogens with zero attached hydrogens (tertiary/aromatic N) is 2. The molecule has 1 aromatic carbocycles. The number of hydrogen-bond acceptors (Lipinski definition) is 4. The molecule has 2 heterocycles. The van der Waals surface area contributed by atoms with Gasteiger partial charge >= 0.3 is 0 Å². The van der Waals surface area contributed by atoms with Gasteiger partial charge in [-0.3, -0.25) is 9.59 Å². The molecule has 0 saturated carbocycles. The van der Waals surface area contributed by atoms with Crippen molar-refractivity contribution >= 4 is 17.5 Å². The predicted molar refractivity (Wildman–Crippen MR) is 72.5 cm³/mol. The summed E-state index contributed by atoms with van der Waals surface area (Å²) in [6, 6.07) is 6.36. The number of aromatic nitrogens is 2. The third-order valence-corrected chi connectivity index (χ3v) is 3.23. The summed E-state index contributed by atoms with van der Waals surface area (Å²) in [5, 5.41) is 9.40. The Hall–Kier alpha value is -2.67. The fourth-order valence-corrected chi connectivity index (χ4v) is 2.13. The van der Waals surface area contributed by atoms with Gasteiger partial charge in [0.25, 0.3) is 5.91 Å². The quantitative estimate of drug-likeness (QED) is 0.725. The van der Waals surface area contributed by atoms with Gasteiger partial charge in [-0.25, -0.2) is 4.68 Å². The molecule has 7 nitrogen and oxygen atoms in total. The highest BCUT2D eigenvalue weighted by Crippen LogP contribution is 2.30.